The van der Waals surface area contributed by atoms with Crippen LogP contribution in [0.2, 0.25) is 0 Å². The molecule has 2 aromatic carbocycles. The molecule has 4 heteroatoms. The molecule has 0 bridgehead atoms. The van der Waals surface area contributed by atoms with E-state index in [4.69, 9.17) is 0 Å². The Kier molecular flexibility index (Phi) is 4.32. The topological polar surface area (TPSA) is 46.2 Å². The molecule has 0 fully saturated rings. The molecule has 3 rings (SSSR count). The van der Waals surface area contributed by atoms with E-state index >= 15 is 0 Å². The lowest BCUT2D eigenvalue weighted by Gasteiger charge is -2.11. The molecule has 0 saturated carbocycles. The van der Waals surface area contributed by atoms with E-state index in [0.29, 0.717) is 17.4 Å². The highest BCUT2D eigenvalue weighted by molar-refractivity contribution is 7.89. The Hall–Kier alpha value is -1.65. The minimum absolute atomic E-state index is 0.341. The lowest BCUT2D eigenvalue weighted by Crippen LogP contribution is -2.26. The number of fused-ring (bicyclic) bond motifs is 1. The minimum Gasteiger partial charge on any atom is -0.211 e. The number of nitrogens with one attached hydrogen (secondary N) is 1. The van der Waals surface area contributed by atoms with Gasteiger partial charge in [-0.05, 0) is 55.4 Å². The van der Waals surface area contributed by atoms with Crippen LogP contribution in [-0.4, -0.2) is 15.0 Å². The Labute approximate surface area is 132 Å². The van der Waals surface area contributed by atoms with Crippen LogP contribution in [0.5, 0.6) is 0 Å². The second-order valence-electron chi connectivity index (χ2n) is 6.04. The normalized spacial score (nSPS) is 15.0. The fraction of sp³-hybridized carbons (Fsp3) is 0.333. The first kappa shape index (κ1) is 15.3. The first-order valence-corrected chi connectivity index (χ1v) is 9.16. The van der Waals surface area contributed by atoms with E-state index in [9.17, 15) is 8.42 Å². The summed E-state index contributed by atoms with van der Waals surface area (Å²) in [6.07, 6.45) is 2.99. The van der Waals surface area contributed by atoms with Gasteiger partial charge in [-0.25, -0.2) is 13.1 Å². The molecule has 0 saturated heterocycles. The molecule has 3 nitrogen and oxygen atoms in total. The monoisotopic (exact) mass is 315 g/mol. The Morgan fingerprint density at radius 3 is 2.18 bits per heavy atom. The van der Waals surface area contributed by atoms with E-state index in [0.717, 1.165) is 24.8 Å². The van der Waals surface area contributed by atoms with E-state index in [1.54, 1.807) is 12.1 Å². The predicted octanol–water partition coefficient (Wildman–Crippen LogP) is 3.08. The molecule has 22 heavy (non-hydrogen) atoms. The van der Waals surface area contributed by atoms with Gasteiger partial charge in [-0.15, -0.1) is 0 Å². The highest BCUT2D eigenvalue weighted by Gasteiger charge is 2.21. The predicted molar refractivity (Wildman–Crippen MR) is 88.3 cm³/mol. The van der Waals surface area contributed by atoms with E-state index in [2.05, 4.69) is 29.0 Å². The van der Waals surface area contributed by atoms with Crippen molar-refractivity contribution in [2.75, 3.05) is 6.54 Å². The van der Waals surface area contributed by atoms with Crippen LogP contribution < -0.4 is 4.72 Å². The van der Waals surface area contributed by atoms with E-state index in [-0.39, 0.29) is 0 Å². The molecular formula is C18H21NO2S. The van der Waals surface area contributed by atoms with Crippen LogP contribution >= 0.6 is 0 Å². The zero-order valence-corrected chi connectivity index (χ0v) is 13.6. The van der Waals surface area contributed by atoms with Gasteiger partial charge in [0.2, 0.25) is 10.0 Å². The maximum absolute atomic E-state index is 12.2. The second-order valence-corrected chi connectivity index (χ2v) is 7.81. The van der Waals surface area contributed by atoms with Crippen LogP contribution in [0.4, 0.5) is 0 Å². The highest BCUT2D eigenvalue weighted by Crippen LogP contribution is 2.28. The van der Waals surface area contributed by atoms with Gasteiger partial charge >= 0.3 is 0 Å². The summed E-state index contributed by atoms with van der Waals surface area (Å²) in [6.45, 7) is 2.44. The van der Waals surface area contributed by atoms with E-state index in [1.807, 2.05) is 19.1 Å². The molecule has 0 radical (unpaired) electrons. The molecule has 116 valence electrons. The van der Waals surface area contributed by atoms with Crippen molar-refractivity contribution in [1.82, 2.24) is 4.72 Å². The van der Waals surface area contributed by atoms with Crippen molar-refractivity contribution in [1.29, 1.82) is 0 Å². The van der Waals surface area contributed by atoms with Gasteiger partial charge in [0.15, 0.2) is 0 Å². The Morgan fingerprint density at radius 1 is 1.00 bits per heavy atom. The van der Waals surface area contributed by atoms with Crippen LogP contribution in [0, 0.1) is 12.8 Å². The van der Waals surface area contributed by atoms with E-state index in [1.165, 1.54) is 11.1 Å². The highest BCUT2D eigenvalue weighted by atomic mass is 32.2. The number of hydrogen-bond donors (Lipinski definition) is 1. The third-order valence-electron chi connectivity index (χ3n) is 4.31. The average Bonchev–Trinajstić information content (AvgIpc) is 2.90. The molecule has 0 aromatic heterocycles. The number of rotatable bonds is 5. The molecule has 1 aliphatic carbocycles. The summed E-state index contributed by atoms with van der Waals surface area (Å²) < 4.78 is 27.2. The fourth-order valence-electron chi connectivity index (χ4n) is 3.05. The van der Waals surface area contributed by atoms with Crippen LogP contribution in [0.1, 0.15) is 23.1 Å². The lowest BCUT2D eigenvalue weighted by molar-refractivity contribution is 0.504. The molecule has 1 aliphatic rings. The van der Waals surface area contributed by atoms with Crippen LogP contribution in [0.3, 0.4) is 0 Å². The summed E-state index contributed by atoms with van der Waals surface area (Å²) in [5.41, 5.74) is 3.88. The SMILES string of the molecule is Cc1ccc(S(=O)(=O)NCCC2Cc3ccccc3C2)cc1. The molecular weight excluding hydrogens is 294 g/mol. The second kappa shape index (κ2) is 6.23. The lowest BCUT2D eigenvalue weighted by atomic mass is 10.0. The number of benzene rings is 2. The maximum atomic E-state index is 12.2. The average molecular weight is 315 g/mol. The Bertz CT molecular complexity index is 726. The molecule has 0 aliphatic heterocycles. The summed E-state index contributed by atoms with van der Waals surface area (Å²) in [5, 5.41) is 0. The van der Waals surface area contributed by atoms with Crippen LogP contribution in [0.15, 0.2) is 53.4 Å². The molecule has 0 atom stereocenters. The summed E-state index contributed by atoms with van der Waals surface area (Å²) >= 11 is 0. The van der Waals surface area contributed by atoms with Crippen molar-refractivity contribution in [3.63, 3.8) is 0 Å². The summed E-state index contributed by atoms with van der Waals surface area (Å²) in [5.74, 6) is 0.540. The van der Waals surface area contributed by atoms with Gasteiger partial charge in [0.1, 0.15) is 0 Å². The minimum atomic E-state index is -3.39. The van der Waals surface area contributed by atoms with Gasteiger partial charge in [-0.3, -0.25) is 0 Å². The number of hydrogen-bond acceptors (Lipinski definition) is 2. The molecule has 0 unspecified atom stereocenters. The van der Waals surface area contributed by atoms with Gasteiger partial charge in [-0.2, -0.15) is 0 Å². The fourth-order valence-corrected chi connectivity index (χ4v) is 4.10. The van der Waals surface area contributed by atoms with Gasteiger partial charge in [0.05, 0.1) is 4.90 Å². The zero-order valence-electron chi connectivity index (χ0n) is 12.7. The number of sulfonamides is 1. The van der Waals surface area contributed by atoms with Crippen LogP contribution in [-0.2, 0) is 22.9 Å². The van der Waals surface area contributed by atoms with Gasteiger partial charge < -0.3 is 0 Å². The van der Waals surface area contributed by atoms with Crippen molar-refractivity contribution < 1.29 is 8.42 Å². The largest absolute Gasteiger partial charge is 0.240 e. The Balaban J connectivity index is 1.54. The maximum Gasteiger partial charge on any atom is 0.240 e. The first-order chi connectivity index (χ1) is 10.5. The van der Waals surface area contributed by atoms with Crippen LogP contribution in [0.25, 0.3) is 0 Å². The molecule has 2 aromatic rings. The summed E-state index contributed by atoms with van der Waals surface area (Å²) in [6, 6.07) is 15.4. The zero-order chi connectivity index (χ0) is 15.6. The number of aryl methyl sites for hydroxylation is 1. The molecule has 0 heterocycles. The van der Waals surface area contributed by atoms with Gasteiger partial charge in [0.25, 0.3) is 0 Å². The van der Waals surface area contributed by atoms with E-state index < -0.39 is 10.0 Å². The van der Waals surface area contributed by atoms with Gasteiger partial charge in [-0.1, -0.05) is 42.0 Å². The summed E-state index contributed by atoms with van der Waals surface area (Å²) in [4.78, 5) is 0.341. The molecule has 1 N–H and O–H groups in total. The third kappa shape index (κ3) is 3.39. The Morgan fingerprint density at radius 2 is 1.59 bits per heavy atom. The molecule has 0 spiro atoms. The molecule has 0 amide bonds. The quantitative estimate of drug-likeness (QED) is 0.921. The van der Waals surface area contributed by atoms with Gasteiger partial charge in [0, 0.05) is 6.54 Å². The standard InChI is InChI=1S/C18H21NO2S/c1-14-6-8-18(9-7-14)22(20,21)19-11-10-15-12-16-4-2-3-5-17(16)13-15/h2-9,15,19H,10-13H2,1H3. The van der Waals surface area contributed by atoms with Crippen molar-refractivity contribution in [2.45, 2.75) is 31.1 Å². The summed E-state index contributed by atoms with van der Waals surface area (Å²) in [7, 11) is -3.39. The smallest absolute Gasteiger partial charge is 0.211 e. The van der Waals surface area contributed by atoms with Crippen molar-refractivity contribution in [3.8, 4) is 0 Å². The third-order valence-corrected chi connectivity index (χ3v) is 5.79. The van der Waals surface area contributed by atoms with Crippen molar-refractivity contribution in [2.24, 2.45) is 5.92 Å². The van der Waals surface area contributed by atoms with Crippen molar-refractivity contribution in [3.05, 3.63) is 65.2 Å². The first-order valence-electron chi connectivity index (χ1n) is 7.68. The van der Waals surface area contributed by atoms with Crippen molar-refractivity contribution >= 4 is 10.0 Å².